The normalized spacial score (nSPS) is 15.2. The molecule has 0 saturated carbocycles. The third-order valence-electron chi connectivity index (χ3n) is 3.42. The van der Waals surface area contributed by atoms with E-state index in [0.29, 0.717) is 11.5 Å². The maximum absolute atomic E-state index is 12.0. The van der Waals surface area contributed by atoms with Gasteiger partial charge in [-0.05, 0) is 23.5 Å². The van der Waals surface area contributed by atoms with Gasteiger partial charge in [-0.25, -0.2) is 0 Å². The molecule has 1 N–H and O–H groups in total. The van der Waals surface area contributed by atoms with Crippen molar-refractivity contribution in [3.63, 3.8) is 0 Å². The fraction of sp³-hybridized carbons (Fsp3) is 0.562. The minimum absolute atomic E-state index is 0.140. The van der Waals surface area contributed by atoms with Crippen molar-refractivity contribution in [1.82, 2.24) is 0 Å². The van der Waals surface area contributed by atoms with Gasteiger partial charge in [0.2, 0.25) is 0 Å². The molecule has 1 aromatic carbocycles. The molecule has 2 atom stereocenters. The van der Waals surface area contributed by atoms with E-state index < -0.39 is 11.5 Å². The number of aliphatic hydroxyl groups is 1. The maximum atomic E-state index is 12.0. The first-order valence-corrected chi connectivity index (χ1v) is 6.59. The summed E-state index contributed by atoms with van der Waals surface area (Å²) >= 11 is 0. The molecule has 0 aliphatic carbocycles. The molecule has 100 valence electrons. The van der Waals surface area contributed by atoms with Crippen molar-refractivity contribution < 1.29 is 9.90 Å². The van der Waals surface area contributed by atoms with Crippen molar-refractivity contribution in [1.29, 1.82) is 0 Å². The number of aliphatic hydroxyl groups excluding tert-OH is 1. The van der Waals surface area contributed by atoms with Crippen LogP contribution in [0.1, 0.15) is 64.2 Å². The van der Waals surface area contributed by atoms with E-state index in [2.05, 4.69) is 13.8 Å². The predicted molar refractivity (Wildman–Crippen MR) is 74.6 cm³/mol. The Kier molecular flexibility index (Phi) is 4.69. The molecular formula is C16H24O2. The van der Waals surface area contributed by atoms with E-state index in [1.54, 1.807) is 0 Å². The van der Waals surface area contributed by atoms with E-state index in [9.17, 15) is 9.90 Å². The molecule has 0 spiro atoms. The monoisotopic (exact) mass is 248 g/mol. The van der Waals surface area contributed by atoms with Gasteiger partial charge >= 0.3 is 0 Å². The molecule has 0 fully saturated rings. The van der Waals surface area contributed by atoms with Gasteiger partial charge in [0.15, 0.2) is 5.78 Å². The highest BCUT2D eigenvalue weighted by molar-refractivity contribution is 5.88. The lowest BCUT2D eigenvalue weighted by Crippen LogP contribution is -2.26. The van der Waals surface area contributed by atoms with Crippen LogP contribution in [0.3, 0.4) is 0 Å². The number of carbonyl (C=O) groups excluding carboxylic acids is 1. The van der Waals surface area contributed by atoms with Crippen LogP contribution in [-0.2, 0) is 4.79 Å². The molecule has 0 aromatic heterocycles. The first-order valence-electron chi connectivity index (χ1n) is 6.59. The van der Waals surface area contributed by atoms with Crippen LogP contribution in [0.15, 0.2) is 24.3 Å². The Morgan fingerprint density at radius 1 is 1.17 bits per heavy atom. The fourth-order valence-corrected chi connectivity index (χ4v) is 1.80. The topological polar surface area (TPSA) is 37.3 Å². The molecular weight excluding hydrogens is 224 g/mol. The minimum Gasteiger partial charge on any atom is -0.381 e. The molecule has 0 aliphatic rings. The van der Waals surface area contributed by atoms with Crippen LogP contribution in [0.4, 0.5) is 0 Å². The Bertz CT molecular complexity index is 398. The first-order chi connectivity index (χ1) is 8.27. The van der Waals surface area contributed by atoms with Crippen LogP contribution < -0.4 is 0 Å². The van der Waals surface area contributed by atoms with Gasteiger partial charge in [-0.1, -0.05) is 58.9 Å². The number of hydrogen-bond donors (Lipinski definition) is 1. The summed E-state index contributed by atoms with van der Waals surface area (Å²) in [4.78, 5) is 12.0. The highest BCUT2D eigenvalue weighted by Gasteiger charge is 2.29. The summed E-state index contributed by atoms with van der Waals surface area (Å²) < 4.78 is 0. The van der Waals surface area contributed by atoms with Gasteiger partial charge in [-0.3, -0.25) is 4.79 Å². The zero-order valence-corrected chi connectivity index (χ0v) is 12.0. The minimum atomic E-state index is -1.02. The van der Waals surface area contributed by atoms with E-state index in [0.717, 1.165) is 6.42 Å². The average Bonchev–Trinajstić information content (AvgIpc) is 2.35. The summed E-state index contributed by atoms with van der Waals surface area (Å²) in [6, 6.07) is 7.72. The van der Waals surface area contributed by atoms with Gasteiger partial charge in [-0.2, -0.15) is 0 Å². The summed E-state index contributed by atoms with van der Waals surface area (Å²) in [6.07, 6.45) is 0.0685. The Morgan fingerprint density at radius 3 is 2.00 bits per heavy atom. The predicted octanol–water partition coefficient (Wildman–Crippen LogP) is 3.85. The van der Waals surface area contributed by atoms with Crippen molar-refractivity contribution in [2.45, 2.75) is 53.1 Å². The number of benzene rings is 1. The van der Waals surface area contributed by atoms with Gasteiger partial charge in [-0.15, -0.1) is 0 Å². The molecule has 18 heavy (non-hydrogen) atoms. The van der Waals surface area contributed by atoms with Crippen LogP contribution >= 0.6 is 0 Å². The summed E-state index contributed by atoms with van der Waals surface area (Å²) in [5, 5.41) is 10.1. The molecule has 2 nitrogen and oxygen atoms in total. The van der Waals surface area contributed by atoms with Crippen LogP contribution in [0.25, 0.3) is 0 Å². The number of hydrogen-bond acceptors (Lipinski definition) is 2. The SMILES string of the molecule is CCC(C)c1ccc(C(O)C(=O)C(C)(C)C)cc1. The molecule has 1 rings (SSSR count). The molecule has 0 saturated heterocycles. The number of Topliss-reactive ketones (excluding diaryl/α,β-unsaturated/α-hetero) is 1. The first kappa shape index (κ1) is 14.9. The number of carbonyl (C=O) groups is 1. The second-order valence-electron chi connectivity index (χ2n) is 5.99. The summed E-state index contributed by atoms with van der Waals surface area (Å²) in [5.74, 6) is 0.369. The second kappa shape index (κ2) is 5.66. The molecule has 0 amide bonds. The highest BCUT2D eigenvalue weighted by Crippen LogP contribution is 2.27. The van der Waals surface area contributed by atoms with Crippen LogP contribution in [0.2, 0.25) is 0 Å². The Balaban J connectivity index is 2.89. The number of rotatable bonds is 4. The van der Waals surface area contributed by atoms with Crippen molar-refractivity contribution in [3.05, 3.63) is 35.4 Å². The maximum Gasteiger partial charge on any atom is 0.171 e. The Hall–Kier alpha value is -1.15. The van der Waals surface area contributed by atoms with Gasteiger partial charge in [0.05, 0.1) is 0 Å². The Labute approximate surface area is 110 Å². The molecule has 2 heteroatoms. The van der Waals surface area contributed by atoms with E-state index in [4.69, 9.17) is 0 Å². The van der Waals surface area contributed by atoms with E-state index in [1.165, 1.54) is 5.56 Å². The van der Waals surface area contributed by atoms with Gasteiger partial charge in [0, 0.05) is 5.41 Å². The second-order valence-corrected chi connectivity index (χ2v) is 5.99. The zero-order valence-electron chi connectivity index (χ0n) is 12.0. The largest absolute Gasteiger partial charge is 0.381 e. The standard InChI is InChI=1S/C16H24O2/c1-6-11(2)12-7-9-13(10-8-12)14(17)15(18)16(3,4)5/h7-11,14,17H,6H2,1-5H3. The fourth-order valence-electron chi connectivity index (χ4n) is 1.80. The highest BCUT2D eigenvalue weighted by atomic mass is 16.3. The molecule has 0 heterocycles. The summed E-state index contributed by atoms with van der Waals surface area (Å²) in [5.41, 5.74) is 1.41. The third-order valence-corrected chi connectivity index (χ3v) is 3.42. The molecule has 0 bridgehead atoms. The lowest BCUT2D eigenvalue weighted by atomic mass is 9.85. The van der Waals surface area contributed by atoms with Gasteiger partial charge in [0.1, 0.15) is 6.10 Å². The van der Waals surface area contributed by atoms with E-state index >= 15 is 0 Å². The van der Waals surface area contributed by atoms with Crippen molar-refractivity contribution in [2.75, 3.05) is 0 Å². The van der Waals surface area contributed by atoms with E-state index in [1.807, 2.05) is 45.0 Å². The van der Waals surface area contributed by atoms with Crippen LogP contribution in [0, 0.1) is 5.41 Å². The lowest BCUT2D eigenvalue weighted by Gasteiger charge is -2.21. The Morgan fingerprint density at radius 2 is 1.61 bits per heavy atom. The average molecular weight is 248 g/mol. The molecule has 2 unspecified atom stereocenters. The molecule has 0 aliphatic heterocycles. The summed E-state index contributed by atoms with van der Waals surface area (Å²) in [7, 11) is 0. The van der Waals surface area contributed by atoms with E-state index in [-0.39, 0.29) is 5.78 Å². The van der Waals surface area contributed by atoms with Gasteiger partial charge in [0.25, 0.3) is 0 Å². The third kappa shape index (κ3) is 3.42. The lowest BCUT2D eigenvalue weighted by molar-refractivity contribution is -0.135. The van der Waals surface area contributed by atoms with Crippen LogP contribution in [0.5, 0.6) is 0 Å². The van der Waals surface area contributed by atoms with Crippen molar-refractivity contribution in [3.8, 4) is 0 Å². The smallest absolute Gasteiger partial charge is 0.171 e. The zero-order chi connectivity index (χ0) is 13.9. The van der Waals surface area contributed by atoms with Crippen molar-refractivity contribution in [2.24, 2.45) is 5.41 Å². The molecule has 1 aromatic rings. The van der Waals surface area contributed by atoms with Gasteiger partial charge < -0.3 is 5.11 Å². The quantitative estimate of drug-likeness (QED) is 0.878. The van der Waals surface area contributed by atoms with Crippen molar-refractivity contribution >= 4 is 5.78 Å². The summed E-state index contributed by atoms with van der Waals surface area (Å²) in [6.45, 7) is 9.80. The number of ketones is 1. The van der Waals surface area contributed by atoms with Crippen LogP contribution in [-0.4, -0.2) is 10.9 Å². The molecule has 0 radical (unpaired) electrons.